The summed E-state index contributed by atoms with van der Waals surface area (Å²) in [5, 5.41) is 2.77. The van der Waals surface area contributed by atoms with Crippen molar-refractivity contribution in [2.75, 3.05) is 18.4 Å². The highest BCUT2D eigenvalue weighted by Crippen LogP contribution is 2.23. The number of nitrogens with zero attached hydrogens (tertiary/aromatic N) is 2. The van der Waals surface area contributed by atoms with Gasteiger partial charge in [0.1, 0.15) is 5.82 Å². The van der Waals surface area contributed by atoms with Crippen LogP contribution in [0.1, 0.15) is 50.2 Å². The van der Waals surface area contributed by atoms with Gasteiger partial charge in [0, 0.05) is 31.8 Å². The van der Waals surface area contributed by atoms with Crippen molar-refractivity contribution >= 4 is 23.7 Å². The van der Waals surface area contributed by atoms with Crippen LogP contribution in [-0.4, -0.2) is 34.8 Å². The number of carbonyl (C=O) groups excluding carboxylic acids is 2. The summed E-state index contributed by atoms with van der Waals surface area (Å²) in [5.74, 6) is 1.52. The molecule has 3 rings (SSSR count). The number of anilines is 1. The van der Waals surface area contributed by atoms with Crippen LogP contribution in [-0.2, 0) is 16.0 Å². The third kappa shape index (κ3) is 4.02. The van der Waals surface area contributed by atoms with Gasteiger partial charge in [0.2, 0.25) is 11.8 Å². The summed E-state index contributed by atoms with van der Waals surface area (Å²) in [4.78, 5) is 29.9. The highest BCUT2D eigenvalue weighted by molar-refractivity contribution is 5.93. The molecule has 1 aromatic rings. The number of likely N-dealkylation sites (tertiary alicyclic amines) is 1. The van der Waals surface area contributed by atoms with Crippen LogP contribution in [0.4, 0.5) is 5.82 Å². The molecule has 0 bridgehead atoms. The Labute approximate surface area is 143 Å². The Morgan fingerprint density at radius 1 is 1.38 bits per heavy atom. The van der Waals surface area contributed by atoms with Gasteiger partial charge >= 0.3 is 0 Å². The molecule has 0 spiro atoms. The second-order valence-corrected chi connectivity index (χ2v) is 6.72. The van der Waals surface area contributed by atoms with Crippen LogP contribution in [0.3, 0.4) is 0 Å². The summed E-state index contributed by atoms with van der Waals surface area (Å²) in [6.45, 7) is 3.95. The van der Waals surface area contributed by atoms with Crippen molar-refractivity contribution in [1.29, 1.82) is 0 Å². The Morgan fingerprint density at radius 3 is 2.92 bits per heavy atom. The van der Waals surface area contributed by atoms with Gasteiger partial charge in [0.05, 0.1) is 0 Å². The number of hydrogen-bond acceptors (Lipinski definition) is 3. The molecule has 1 aromatic heterocycles. The van der Waals surface area contributed by atoms with Crippen molar-refractivity contribution in [3.05, 3.63) is 29.5 Å². The second kappa shape index (κ2) is 7.60. The predicted octanol–water partition coefficient (Wildman–Crippen LogP) is 3.02. The van der Waals surface area contributed by atoms with E-state index in [1.165, 1.54) is 12.8 Å². The van der Waals surface area contributed by atoms with E-state index < -0.39 is 0 Å². The molecule has 2 aliphatic rings. The normalized spacial score (nSPS) is 18.5. The number of hydrogen-bond donors (Lipinski definition) is 1. The van der Waals surface area contributed by atoms with Crippen LogP contribution >= 0.6 is 0 Å². The Morgan fingerprint density at radius 2 is 2.17 bits per heavy atom. The van der Waals surface area contributed by atoms with E-state index in [2.05, 4.69) is 17.2 Å². The molecule has 24 heavy (non-hydrogen) atoms. The minimum Gasteiger partial charge on any atom is -0.339 e. The highest BCUT2D eigenvalue weighted by Gasteiger charge is 2.21. The van der Waals surface area contributed by atoms with Crippen LogP contribution in [0.25, 0.3) is 6.08 Å². The lowest BCUT2D eigenvalue weighted by molar-refractivity contribution is -0.127. The number of piperidine rings is 1. The largest absolute Gasteiger partial charge is 0.339 e. The van der Waals surface area contributed by atoms with Gasteiger partial charge in [-0.3, -0.25) is 9.59 Å². The first-order valence-electron chi connectivity index (χ1n) is 8.91. The molecule has 128 valence electrons. The average Bonchev–Trinajstić information content (AvgIpc) is 2.60. The van der Waals surface area contributed by atoms with Gasteiger partial charge in [-0.25, -0.2) is 4.98 Å². The number of amides is 2. The van der Waals surface area contributed by atoms with Gasteiger partial charge in [-0.05, 0) is 48.4 Å². The van der Waals surface area contributed by atoms with Crippen LogP contribution in [0, 0.1) is 5.92 Å². The fourth-order valence-corrected chi connectivity index (χ4v) is 3.49. The maximum atomic E-state index is 12.3. The molecule has 1 saturated heterocycles. The zero-order valence-electron chi connectivity index (χ0n) is 14.3. The van der Waals surface area contributed by atoms with Crippen molar-refractivity contribution in [2.24, 2.45) is 5.92 Å². The van der Waals surface area contributed by atoms with Gasteiger partial charge in [-0.2, -0.15) is 0 Å². The molecule has 5 nitrogen and oxygen atoms in total. The summed E-state index contributed by atoms with van der Waals surface area (Å²) in [5.41, 5.74) is 1.93. The smallest absolute Gasteiger partial charge is 0.246 e. The summed E-state index contributed by atoms with van der Waals surface area (Å²) < 4.78 is 0. The molecule has 0 unspecified atom stereocenters. The molecular formula is C19H25N3O2. The molecule has 5 heteroatoms. The molecule has 1 N–H and O–H groups in total. The zero-order valence-corrected chi connectivity index (χ0v) is 14.3. The fraction of sp³-hybridized carbons (Fsp3) is 0.526. The highest BCUT2D eigenvalue weighted by atomic mass is 16.2. The number of rotatable bonds is 4. The van der Waals surface area contributed by atoms with Crippen LogP contribution in [0.5, 0.6) is 0 Å². The lowest BCUT2D eigenvalue weighted by Gasteiger charge is -2.31. The molecule has 2 aliphatic heterocycles. The predicted molar refractivity (Wildman–Crippen MR) is 94.4 cm³/mol. The van der Waals surface area contributed by atoms with Crippen molar-refractivity contribution < 1.29 is 9.59 Å². The van der Waals surface area contributed by atoms with Gasteiger partial charge in [0.25, 0.3) is 0 Å². The van der Waals surface area contributed by atoms with Gasteiger partial charge in [-0.15, -0.1) is 0 Å². The van der Waals surface area contributed by atoms with Crippen LogP contribution in [0.2, 0.25) is 0 Å². The van der Waals surface area contributed by atoms with E-state index >= 15 is 0 Å². The molecule has 0 aliphatic carbocycles. The van der Waals surface area contributed by atoms with Gasteiger partial charge in [0.15, 0.2) is 0 Å². The van der Waals surface area contributed by atoms with E-state index in [0.29, 0.717) is 18.7 Å². The van der Waals surface area contributed by atoms with E-state index in [1.807, 2.05) is 17.0 Å². The first kappa shape index (κ1) is 16.7. The maximum absolute atomic E-state index is 12.3. The standard InChI is InChI=1S/C19H25N3O2/c1-2-3-14-8-10-22(11-9-14)18(24)7-4-15-12-16-5-6-17(23)21-19(16)20-13-15/h4,7,12-14H,2-3,5-6,8-11H2,1H3,(H,20,21,23). The Kier molecular flexibility index (Phi) is 5.28. The van der Waals surface area contributed by atoms with Gasteiger partial charge in [-0.1, -0.05) is 19.8 Å². The summed E-state index contributed by atoms with van der Waals surface area (Å²) in [6.07, 6.45) is 11.1. The summed E-state index contributed by atoms with van der Waals surface area (Å²) >= 11 is 0. The van der Waals surface area contributed by atoms with Crippen LogP contribution < -0.4 is 5.32 Å². The van der Waals surface area contributed by atoms with Crippen molar-refractivity contribution in [3.63, 3.8) is 0 Å². The third-order valence-corrected chi connectivity index (χ3v) is 4.91. The molecule has 0 atom stereocenters. The van der Waals surface area contributed by atoms with Crippen LogP contribution in [0.15, 0.2) is 18.3 Å². The molecule has 3 heterocycles. The summed E-state index contributed by atoms with van der Waals surface area (Å²) in [6, 6.07) is 2.00. The zero-order chi connectivity index (χ0) is 16.9. The molecule has 0 radical (unpaired) electrons. The quantitative estimate of drug-likeness (QED) is 0.865. The van der Waals surface area contributed by atoms with E-state index in [1.54, 1.807) is 12.3 Å². The first-order valence-corrected chi connectivity index (χ1v) is 8.91. The van der Waals surface area contributed by atoms with Crippen molar-refractivity contribution in [1.82, 2.24) is 9.88 Å². The number of aromatic nitrogens is 1. The first-order chi connectivity index (χ1) is 11.7. The van der Waals surface area contributed by atoms with Gasteiger partial charge < -0.3 is 10.2 Å². The Bertz CT molecular complexity index is 646. The Hall–Kier alpha value is -2.17. The number of carbonyl (C=O) groups is 2. The molecule has 0 aromatic carbocycles. The molecule has 1 fully saturated rings. The average molecular weight is 327 g/mol. The Balaban J connectivity index is 1.58. The minimum atomic E-state index is 0.0138. The number of fused-ring (bicyclic) bond motifs is 1. The topological polar surface area (TPSA) is 62.3 Å². The van der Waals surface area contributed by atoms with E-state index in [-0.39, 0.29) is 11.8 Å². The van der Waals surface area contributed by atoms with E-state index in [0.717, 1.165) is 43.0 Å². The molecule has 0 saturated carbocycles. The van der Waals surface area contributed by atoms with E-state index in [9.17, 15) is 9.59 Å². The van der Waals surface area contributed by atoms with Crippen molar-refractivity contribution in [3.8, 4) is 0 Å². The fourth-order valence-electron chi connectivity index (χ4n) is 3.49. The van der Waals surface area contributed by atoms with E-state index in [4.69, 9.17) is 0 Å². The molecular weight excluding hydrogens is 302 g/mol. The third-order valence-electron chi connectivity index (χ3n) is 4.91. The SMILES string of the molecule is CCCC1CCN(C(=O)C=Cc2cnc3c(c2)CCC(=O)N3)CC1. The number of pyridine rings is 1. The number of aryl methyl sites for hydroxylation is 1. The maximum Gasteiger partial charge on any atom is 0.246 e. The molecule has 2 amide bonds. The second-order valence-electron chi connectivity index (χ2n) is 6.72. The number of nitrogens with one attached hydrogen (secondary N) is 1. The van der Waals surface area contributed by atoms with Crippen molar-refractivity contribution in [2.45, 2.75) is 45.4 Å². The summed E-state index contributed by atoms with van der Waals surface area (Å²) in [7, 11) is 0. The minimum absolute atomic E-state index is 0.0138. The lowest BCUT2D eigenvalue weighted by atomic mass is 9.92. The lowest BCUT2D eigenvalue weighted by Crippen LogP contribution is -2.37. The monoisotopic (exact) mass is 327 g/mol.